The number of benzene rings is 2. The minimum atomic E-state index is -0.446. The molecular weight excluding hydrogens is 496 g/mol. The number of thioether (sulfide) groups is 1. The second-order valence-electron chi connectivity index (χ2n) is 11.8. The standard InChI is InChI=1S/C31H34N2O4S/c1-18-6-19(2)8-25(7-18)32-28(34)17-33-29(35)27(38-30(33)36)13-23-12-24(4-5-26(23)37-3)31-14-20-9-21(15-31)11-22(10-20)16-31/h4-8,12-13,20-22H,9-11,14-17H2,1-3H3,(H,32,34)/b27-13+. The van der Waals surface area contributed by atoms with Gasteiger partial charge >= 0.3 is 0 Å². The largest absolute Gasteiger partial charge is 0.496 e. The highest BCUT2D eigenvalue weighted by Crippen LogP contribution is 2.61. The number of imide groups is 1. The third kappa shape index (κ3) is 4.66. The second kappa shape index (κ2) is 9.60. The number of carbonyl (C=O) groups excluding carboxylic acids is 3. The number of carbonyl (C=O) groups is 3. The van der Waals surface area contributed by atoms with Gasteiger partial charge in [-0.05, 0) is 134 Å². The normalized spacial score (nSPS) is 28.9. The van der Waals surface area contributed by atoms with Crippen molar-refractivity contribution in [3.8, 4) is 5.75 Å². The molecule has 2 aromatic rings. The summed E-state index contributed by atoms with van der Waals surface area (Å²) < 4.78 is 5.64. The fourth-order valence-corrected chi connectivity index (χ4v) is 8.64. The van der Waals surface area contributed by atoms with Gasteiger partial charge in [-0.15, -0.1) is 0 Å². The highest BCUT2D eigenvalue weighted by molar-refractivity contribution is 8.18. The van der Waals surface area contributed by atoms with Crippen LogP contribution in [0.5, 0.6) is 5.75 Å². The lowest BCUT2D eigenvalue weighted by molar-refractivity contribution is -0.127. The van der Waals surface area contributed by atoms with Gasteiger partial charge in [0.25, 0.3) is 11.1 Å². The Morgan fingerprint density at radius 1 is 1.03 bits per heavy atom. The molecule has 7 heteroatoms. The van der Waals surface area contributed by atoms with Gasteiger partial charge in [0.15, 0.2) is 0 Å². The highest BCUT2D eigenvalue weighted by Gasteiger charge is 2.51. The van der Waals surface area contributed by atoms with Crippen molar-refractivity contribution >= 4 is 40.6 Å². The van der Waals surface area contributed by atoms with Crippen molar-refractivity contribution in [2.45, 2.75) is 57.8 Å². The first kappa shape index (κ1) is 25.2. The smallest absolute Gasteiger partial charge is 0.294 e. The fourth-order valence-electron chi connectivity index (χ4n) is 7.81. The second-order valence-corrected chi connectivity index (χ2v) is 12.8. The number of nitrogens with zero attached hydrogens (tertiary/aromatic N) is 1. The molecule has 1 saturated heterocycles. The fraction of sp³-hybridized carbons (Fsp3) is 0.452. The molecule has 2 aromatic carbocycles. The number of hydrogen-bond acceptors (Lipinski definition) is 5. The summed E-state index contributed by atoms with van der Waals surface area (Å²) in [5.74, 6) is 2.32. The first-order valence-corrected chi connectivity index (χ1v) is 14.3. The van der Waals surface area contributed by atoms with Crippen molar-refractivity contribution in [3.63, 3.8) is 0 Å². The van der Waals surface area contributed by atoms with E-state index in [2.05, 4.69) is 17.4 Å². The zero-order valence-corrected chi connectivity index (χ0v) is 23.0. The Labute approximate surface area is 228 Å². The number of hydrogen-bond donors (Lipinski definition) is 1. The molecule has 4 bridgehead atoms. The van der Waals surface area contributed by atoms with E-state index in [9.17, 15) is 14.4 Å². The summed E-state index contributed by atoms with van der Waals surface area (Å²) in [5.41, 5.74) is 5.07. The van der Waals surface area contributed by atoms with Crippen molar-refractivity contribution in [1.82, 2.24) is 4.90 Å². The highest BCUT2D eigenvalue weighted by atomic mass is 32.2. The van der Waals surface area contributed by atoms with Gasteiger partial charge in [0.1, 0.15) is 12.3 Å². The van der Waals surface area contributed by atoms with Gasteiger partial charge in [0.2, 0.25) is 5.91 Å². The SMILES string of the molecule is COc1ccc(C23CC4CC(CC(C4)C2)C3)cc1/C=C1/SC(=O)N(CC(=O)Nc2cc(C)cc(C)c2)C1=O. The van der Waals surface area contributed by atoms with Gasteiger partial charge in [0.05, 0.1) is 12.0 Å². The molecule has 7 rings (SSSR count). The third-order valence-corrected chi connectivity index (χ3v) is 9.76. The predicted molar refractivity (Wildman–Crippen MR) is 150 cm³/mol. The van der Waals surface area contributed by atoms with Gasteiger partial charge in [-0.1, -0.05) is 12.1 Å². The maximum absolute atomic E-state index is 13.2. The van der Waals surface area contributed by atoms with E-state index >= 15 is 0 Å². The summed E-state index contributed by atoms with van der Waals surface area (Å²) in [6.45, 7) is 3.59. The Bertz CT molecular complexity index is 1310. The average molecular weight is 531 g/mol. The van der Waals surface area contributed by atoms with E-state index in [4.69, 9.17) is 4.74 Å². The summed E-state index contributed by atoms with van der Waals surface area (Å²) in [6, 6.07) is 12.1. The van der Waals surface area contributed by atoms with E-state index in [-0.39, 0.29) is 12.0 Å². The topological polar surface area (TPSA) is 75.7 Å². The quantitative estimate of drug-likeness (QED) is 0.434. The van der Waals surface area contributed by atoms with E-state index < -0.39 is 17.1 Å². The van der Waals surface area contributed by atoms with E-state index in [1.54, 1.807) is 13.2 Å². The van der Waals surface area contributed by atoms with Gasteiger partial charge in [-0.25, -0.2) is 0 Å². The van der Waals surface area contributed by atoms with Gasteiger partial charge < -0.3 is 10.1 Å². The summed E-state index contributed by atoms with van der Waals surface area (Å²) in [7, 11) is 1.63. The van der Waals surface area contributed by atoms with Gasteiger partial charge in [-0.3, -0.25) is 19.3 Å². The number of nitrogens with one attached hydrogen (secondary N) is 1. The van der Waals surface area contributed by atoms with E-state index in [1.165, 1.54) is 44.1 Å². The van der Waals surface area contributed by atoms with Gasteiger partial charge in [0, 0.05) is 11.3 Å². The van der Waals surface area contributed by atoms with E-state index in [0.29, 0.717) is 16.3 Å². The molecule has 1 aliphatic heterocycles. The van der Waals surface area contributed by atoms with Crippen LogP contribution in [0, 0.1) is 31.6 Å². The molecule has 198 valence electrons. The summed E-state index contributed by atoms with van der Waals surface area (Å²) in [5, 5.41) is 2.37. The Kier molecular flexibility index (Phi) is 6.37. The van der Waals surface area contributed by atoms with Crippen LogP contribution in [0.15, 0.2) is 41.3 Å². The number of aryl methyl sites for hydroxylation is 2. The molecule has 6 nitrogen and oxygen atoms in total. The maximum Gasteiger partial charge on any atom is 0.294 e. The molecular formula is C31H34N2O4S. The first-order valence-electron chi connectivity index (χ1n) is 13.5. The van der Waals surface area contributed by atoms with Crippen molar-refractivity contribution in [1.29, 1.82) is 0 Å². The van der Waals surface area contributed by atoms with Crippen LogP contribution in [0.1, 0.15) is 60.8 Å². The number of anilines is 1. The molecule has 4 saturated carbocycles. The molecule has 3 amide bonds. The molecule has 0 atom stereocenters. The van der Waals surface area contributed by atoms with Crippen LogP contribution in [0.4, 0.5) is 10.5 Å². The number of amides is 3. The minimum absolute atomic E-state index is 0.217. The number of ether oxygens (including phenoxy) is 1. The third-order valence-electron chi connectivity index (χ3n) is 8.85. The molecule has 0 aromatic heterocycles. The number of methoxy groups -OCH3 is 1. The van der Waals surface area contributed by atoms with Gasteiger partial charge in [-0.2, -0.15) is 0 Å². The van der Waals surface area contributed by atoms with Crippen LogP contribution in [-0.2, 0) is 15.0 Å². The molecule has 0 spiro atoms. The molecule has 4 aliphatic carbocycles. The minimum Gasteiger partial charge on any atom is -0.496 e. The molecule has 5 aliphatic rings. The van der Waals surface area contributed by atoms with E-state index in [1.807, 2.05) is 38.1 Å². The maximum atomic E-state index is 13.2. The van der Waals surface area contributed by atoms with Crippen LogP contribution in [0.2, 0.25) is 0 Å². The monoisotopic (exact) mass is 530 g/mol. The zero-order valence-electron chi connectivity index (χ0n) is 22.2. The van der Waals surface area contributed by atoms with Crippen molar-refractivity contribution in [3.05, 3.63) is 63.6 Å². The van der Waals surface area contributed by atoms with Crippen molar-refractivity contribution in [2.75, 3.05) is 19.0 Å². The molecule has 38 heavy (non-hydrogen) atoms. The Balaban J connectivity index is 1.22. The molecule has 1 N–H and O–H groups in total. The summed E-state index contributed by atoms with van der Waals surface area (Å²) >= 11 is 0.877. The lowest BCUT2D eigenvalue weighted by Crippen LogP contribution is -2.48. The van der Waals surface area contributed by atoms with Crippen LogP contribution < -0.4 is 10.1 Å². The van der Waals surface area contributed by atoms with Crippen LogP contribution >= 0.6 is 11.8 Å². The molecule has 5 fully saturated rings. The Morgan fingerprint density at radius 2 is 1.66 bits per heavy atom. The molecule has 0 unspecified atom stereocenters. The molecule has 0 radical (unpaired) electrons. The number of rotatable bonds is 6. The molecule has 1 heterocycles. The van der Waals surface area contributed by atoms with Crippen molar-refractivity contribution < 1.29 is 19.1 Å². The average Bonchev–Trinajstić information content (AvgIpc) is 3.09. The van der Waals surface area contributed by atoms with E-state index in [0.717, 1.165) is 51.1 Å². The van der Waals surface area contributed by atoms with Crippen molar-refractivity contribution in [2.24, 2.45) is 17.8 Å². The lowest BCUT2D eigenvalue weighted by atomic mass is 9.48. The van der Waals surface area contributed by atoms with Crippen LogP contribution in [0.3, 0.4) is 0 Å². The summed E-state index contributed by atoms with van der Waals surface area (Å²) in [4.78, 5) is 40.0. The first-order chi connectivity index (χ1) is 18.2. The zero-order chi connectivity index (χ0) is 26.6. The van der Waals surface area contributed by atoms with Crippen LogP contribution in [-0.4, -0.2) is 35.6 Å². The predicted octanol–water partition coefficient (Wildman–Crippen LogP) is 6.45. The lowest BCUT2D eigenvalue weighted by Gasteiger charge is -2.57. The Hall–Kier alpha value is -3.06. The van der Waals surface area contributed by atoms with Crippen LogP contribution in [0.25, 0.3) is 6.08 Å². The Morgan fingerprint density at radius 3 is 2.26 bits per heavy atom. The summed E-state index contributed by atoms with van der Waals surface area (Å²) in [6.07, 6.45) is 9.64.